The summed E-state index contributed by atoms with van der Waals surface area (Å²) in [6.45, 7) is 0. The Morgan fingerprint density at radius 2 is 1.89 bits per heavy atom. The van der Waals surface area contributed by atoms with Crippen LogP contribution in [0.3, 0.4) is 0 Å². The van der Waals surface area contributed by atoms with Gasteiger partial charge >= 0.3 is 0 Å². The molecule has 6 heteroatoms. The van der Waals surface area contributed by atoms with E-state index < -0.39 is 6.43 Å². The van der Waals surface area contributed by atoms with Crippen molar-refractivity contribution >= 4 is 16.6 Å². The molecule has 2 aromatic rings. The minimum absolute atomic E-state index is 0.291. The Kier molecular flexibility index (Phi) is 3.69. The highest BCUT2D eigenvalue weighted by atomic mass is 19.3. The molecule has 0 unspecified atom stereocenters. The lowest BCUT2D eigenvalue weighted by Crippen LogP contribution is -1.99. The largest absolute Gasteiger partial charge is 0.497 e. The lowest BCUT2D eigenvalue weighted by atomic mass is 10.1. The van der Waals surface area contributed by atoms with Gasteiger partial charge in [0.05, 0.1) is 14.2 Å². The van der Waals surface area contributed by atoms with Crippen LogP contribution >= 0.6 is 0 Å². The molecule has 0 fully saturated rings. The van der Waals surface area contributed by atoms with Crippen molar-refractivity contribution in [3.8, 4) is 11.5 Å². The Hall–Kier alpha value is -2.11. The van der Waals surface area contributed by atoms with Crippen LogP contribution < -0.4 is 14.8 Å². The molecule has 0 aliphatic carbocycles. The van der Waals surface area contributed by atoms with Gasteiger partial charge in [0, 0.05) is 24.2 Å². The van der Waals surface area contributed by atoms with E-state index in [4.69, 9.17) is 9.47 Å². The first-order chi connectivity index (χ1) is 9.10. The topological polar surface area (TPSA) is 43.4 Å². The van der Waals surface area contributed by atoms with Crippen molar-refractivity contribution in [2.24, 2.45) is 0 Å². The fourth-order valence-electron chi connectivity index (χ4n) is 1.88. The van der Waals surface area contributed by atoms with Crippen molar-refractivity contribution in [3.05, 3.63) is 23.9 Å². The van der Waals surface area contributed by atoms with Crippen LogP contribution in [0.1, 0.15) is 12.1 Å². The first-order valence-electron chi connectivity index (χ1n) is 5.63. The minimum atomic E-state index is -2.64. The molecule has 0 spiro atoms. The van der Waals surface area contributed by atoms with Gasteiger partial charge in [0.2, 0.25) is 0 Å². The van der Waals surface area contributed by atoms with E-state index in [9.17, 15) is 8.78 Å². The maximum atomic E-state index is 12.8. The van der Waals surface area contributed by atoms with Crippen LogP contribution in [0.2, 0.25) is 0 Å². The van der Waals surface area contributed by atoms with Crippen molar-refractivity contribution < 1.29 is 18.3 Å². The number of hydrogen-bond donors (Lipinski definition) is 1. The second kappa shape index (κ2) is 5.26. The van der Waals surface area contributed by atoms with E-state index in [-0.39, 0.29) is 5.69 Å². The molecular weight excluding hydrogens is 254 g/mol. The zero-order valence-corrected chi connectivity index (χ0v) is 10.8. The molecule has 1 aromatic heterocycles. The highest BCUT2D eigenvalue weighted by Gasteiger charge is 2.16. The van der Waals surface area contributed by atoms with E-state index in [0.29, 0.717) is 28.1 Å². The molecular formula is C13H14F2N2O2. The van der Waals surface area contributed by atoms with Gasteiger partial charge in [-0.3, -0.25) is 0 Å². The third kappa shape index (κ3) is 2.38. The van der Waals surface area contributed by atoms with E-state index in [1.807, 2.05) is 0 Å². The summed E-state index contributed by atoms with van der Waals surface area (Å²) < 4.78 is 36.0. The Morgan fingerprint density at radius 1 is 1.16 bits per heavy atom. The quantitative estimate of drug-likeness (QED) is 0.924. The number of nitrogens with zero attached hydrogens (tertiary/aromatic N) is 1. The van der Waals surface area contributed by atoms with E-state index in [2.05, 4.69) is 10.3 Å². The number of hydrogen-bond acceptors (Lipinski definition) is 4. The molecule has 1 heterocycles. The van der Waals surface area contributed by atoms with Crippen molar-refractivity contribution in [1.29, 1.82) is 0 Å². The standard InChI is InChI=1S/C13H14F2N2O2/c1-16-9-6-10(13(14)15)17-12-8(9)4-7(18-2)5-11(12)19-3/h4-6,13H,1-3H3,(H,16,17). The third-order valence-corrected chi connectivity index (χ3v) is 2.82. The minimum Gasteiger partial charge on any atom is -0.497 e. The number of benzene rings is 1. The van der Waals surface area contributed by atoms with Gasteiger partial charge in [0.15, 0.2) is 0 Å². The van der Waals surface area contributed by atoms with Gasteiger partial charge in [-0.25, -0.2) is 13.8 Å². The van der Waals surface area contributed by atoms with Crippen LogP contribution in [-0.2, 0) is 0 Å². The number of anilines is 1. The zero-order chi connectivity index (χ0) is 14.0. The number of pyridine rings is 1. The number of fused-ring (bicyclic) bond motifs is 1. The van der Waals surface area contributed by atoms with Gasteiger partial charge in [-0.1, -0.05) is 0 Å². The van der Waals surface area contributed by atoms with E-state index in [0.717, 1.165) is 0 Å². The summed E-state index contributed by atoms with van der Waals surface area (Å²) in [5.74, 6) is 0.973. The van der Waals surface area contributed by atoms with Crippen LogP contribution in [-0.4, -0.2) is 26.3 Å². The highest BCUT2D eigenvalue weighted by Crippen LogP contribution is 2.36. The maximum Gasteiger partial charge on any atom is 0.280 e. The Bertz CT molecular complexity index is 603. The number of rotatable bonds is 4. The summed E-state index contributed by atoms with van der Waals surface area (Å²) >= 11 is 0. The Morgan fingerprint density at radius 3 is 2.42 bits per heavy atom. The second-order valence-electron chi connectivity index (χ2n) is 3.87. The highest BCUT2D eigenvalue weighted by molar-refractivity contribution is 5.96. The molecule has 0 amide bonds. The average molecular weight is 268 g/mol. The van der Waals surface area contributed by atoms with Crippen molar-refractivity contribution in [3.63, 3.8) is 0 Å². The van der Waals surface area contributed by atoms with Crippen LogP contribution in [0.25, 0.3) is 10.9 Å². The predicted molar refractivity (Wildman–Crippen MR) is 69.4 cm³/mol. The molecule has 1 N–H and O–H groups in total. The average Bonchev–Trinajstić information content (AvgIpc) is 2.44. The second-order valence-corrected chi connectivity index (χ2v) is 3.87. The monoisotopic (exact) mass is 268 g/mol. The lowest BCUT2D eigenvalue weighted by Gasteiger charge is -2.13. The predicted octanol–water partition coefficient (Wildman–Crippen LogP) is 3.23. The smallest absolute Gasteiger partial charge is 0.280 e. The fourth-order valence-corrected chi connectivity index (χ4v) is 1.88. The van der Waals surface area contributed by atoms with E-state index >= 15 is 0 Å². The molecule has 0 atom stereocenters. The summed E-state index contributed by atoms with van der Waals surface area (Å²) in [5.41, 5.74) is 0.642. The summed E-state index contributed by atoms with van der Waals surface area (Å²) in [6.07, 6.45) is -2.64. The van der Waals surface area contributed by atoms with Gasteiger partial charge in [0.1, 0.15) is 22.7 Å². The third-order valence-electron chi connectivity index (χ3n) is 2.82. The molecule has 4 nitrogen and oxygen atoms in total. The number of aromatic nitrogens is 1. The first-order valence-corrected chi connectivity index (χ1v) is 5.63. The van der Waals surface area contributed by atoms with Gasteiger partial charge in [-0.15, -0.1) is 0 Å². The van der Waals surface area contributed by atoms with Crippen LogP contribution in [0.15, 0.2) is 18.2 Å². The molecule has 0 saturated heterocycles. The summed E-state index contributed by atoms with van der Waals surface area (Å²) in [7, 11) is 4.65. The lowest BCUT2D eigenvalue weighted by molar-refractivity contribution is 0.146. The zero-order valence-electron chi connectivity index (χ0n) is 10.8. The van der Waals surface area contributed by atoms with E-state index in [1.54, 1.807) is 19.2 Å². The van der Waals surface area contributed by atoms with Crippen molar-refractivity contribution in [1.82, 2.24) is 4.98 Å². The number of methoxy groups -OCH3 is 2. The SMILES string of the molecule is CNc1cc(C(F)F)nc2c(OC)cc(OC)cc12. The van der Waals surface area contributed by atoms with Gasteiger partial charge in [0.25, 0.3) is 6.43 Å². The van der Waals surface area contributed by atoms with Crippen molar-refractivity contribution in [2.45, 2.75) is 6.43 Å². The number of ether oxygens (including phenoxy) is 2. The molecule has 2 rings (SSSR count). The van der Waals surface area contributed by atoms with Gasteiger partial charge < -0.3 is 14.8 Å². The number of alkyl halides is 2. The molecule has 0 bridgehead atoms. The molecule has 0 radical (unpaired) electrons. The van der Waals surface area contributed by atoms with Crippen LogP contribution in [0.5, 0.6) is 11.5 Å². The molecule has 0 aliphatic rings. The number of halogens is 2. The molecule has 102 valence electrons. The summed E-state index contributed by atoms with van der Waals surface area (Å²) in [6, 6.07) is 4.67. The van der Waals surface area contributed by atoms with Crippen LogP contribution in [0, 0.1) is 0 Å². The van der Waals surface area contributed by atoms with Crippen molar-refractivity contribution in [2.75, 3.05) is 26.6 Å². The normalized spacial score (nSPS) is 10.8. The molecule has 1 aromatic carbocycles. The first kappa shape index (κ1) is 13.3. The van der Waals surface area contributed by atoms with E-state index in [1.165, 1.54) is 20.3 Å². The van der Waals surface area contributed by atoms with Gasteiger partial charge in [-0.05, 0) is 12.1 Å². The summed E-state index contributed by atoms with van der Waals surface area (Å²) in [4.78, 5) is 3.96. The molecule has 0 saturated carbocycles. The van der Waals surface area contributed by atoms with Gasteiger partial charge in [-0.2, -0.15) is 0 Å². The van der Waals surface area contributed by atoms with Crippen LogP contribution in [0.4, 0.5) is 14.5 Å². The Labute approximate surface area is 109 Å². The molecule has 19 heavy (non-hydrogen) atoms. The molecule has 0 aliphatic heterocycles. The Balaban J connectivity index is 2.80. The maximum absolute atomic E-state index is 12.8. The summed E-state index contributed by atoms with van der Waals surface area (Å²) in [5, 5.41) is 3.55. The fraction of sp³-hybridized carbons (Fsp3) is 0.308. The number of nitrogens with one attached hydrogen (secondary N) is 1.